The van der Waals surface area contributed by atoms with Crippen LogP contribution in [0.25, 0.3) is 0 Å². The van der Waals surface area contributed by atoms with Crippen LogP contribution in [0.15, 0.2) is 47.4 Å². The zero-order valence-electron chi connectivity index (χ0n) is 16.4. The summed E-state index contributed by atoms with van der Waals surface area (Å²) in [5.41, 5.74) is 0.877. The van der Waals surface area contributed by atoms with Crippen LogP contribution in [0.5, 0.6) is 17.2 Å². The average molecular weight is 407 g/mol. The van der Waals surface area contributed by atoms with Gasteiger partial charge in [0.25, 0.3) is 10.1 Å². The van der Waals surface area contributed by atoms with Gasteiger partial charge in [-0.25, -0.2) is 0 Å². The highest BCUT2D eigenvalue weighted by atomic mass is 32.2. The van der Waals surface area contributed by atoms with Crippen molar-refractivity contribution in [2.24, 2.45) is 0 Å². The molecule has 0 radical (unpaired) electrons. The van der Waals surface area contributed by atoms with Crippen LogP contribution in [-0.2, 0) is 16.5 Å². The van der Waals surface area contributed by atoms with E-state index in [1.807, 2.05) is 0 Å². The van der Waals surface area contributed by atoms with Crippen molar-refractivity contribution < 1.29 is 22.8 Å². The van der Waals surface area contributed by atoms with Crippen LogP contribution in [0.2, 0.25) is 0 Å². The minimum atomic E-state index is -4.31. The van der Waals surface area contributed by atoms with Crippen molar-refractivity contribution in [2.45, 2.75) is 69.6 Å². The summed E-state index contributed by atoms with van der Waals surface area (Å²) in [6.45, 7) is 2.21. The summed E-state index contributed by atoms with van der Waals surface area (Å²) in [5, 5.41) is 9.61. The highest BCUT2D eigenvalue weighted by molar-refractivity contribution is 7.85. The van der Waals surface area contributed by atoms with Crippen molar-refractivity contribution in [1.82, 2.24) is 0 Å². The van der Waals surface area contributed by atoms with Crippen LogP contribution >= 0.6 is 0 Å². The molecule has 0 saturated heterocycles. The molecule has 6 heteroatoms. The van der Waals surface area contributed by atoms with Crippen molar-refractivity contribution in [3.8, 4) is 17.2 Å². The van der Waals surface area contributed by atoms with Gasteiger partial charge in [0, 0.05) is 12.1 Å². The molecule has 0 aliphatic carbocycles. The quantitative estimate of drug-likeness (QED) is 0.328. The minimum Gasteiger partial charge on any atom is -0.508 e. The van der Waals surface area contributed by atoms with Crippen LogP contribution in [0.3, 0.4) is 0 Å². The first kappa shape index (κ1) is 22.2. The number of aryl methyl sites for hydroxylation is 1. The highest BCUT2D eigenvalue weighted by Gasteiger charge is 2.14. The highest BCUT2D eigenvalue weighted by Crippen LogP contribution is 2.31. The third-order valence-electron chi connectivity index (χ3n) is 4.68. The molecule has 0 atom stereocenters. The largest absolute Gasteiger partial charge is 0.508 e. The molecule has 5 nitrogen and oxygen atoms in total. The first-order valence-corrected chi connectivity index (χ1v) is 11.4. The third kappa shape index (κ3) is 7.52. The Bertz CT molecular complexity index is 846. The molecule has 0 heterocycles. The molecule has 0 fully saturated rings. The van der Waals surface area contributed by atoms with Crippen molar-refractivity contribution >= 4 is 10.1 Å². The van der Waals surface area contributed by atoms with Gasteiger partial charge in [-0.1, -0.05) is 64.0 Å². The second-order valence-electron chi connectivity index (χ2n) is 7.07. The number of phenolic OH excluding ortho intramolecular Hbond substituents is 1. The summed E-state index contributed by atoms with van der Waals surface area (Å²) < 4.78 is 38.1. The lowest BCUT2D eigenvalue weighted by Gasteiger charge is -2.13. The monoisotopic (exact) mass is 406 g/mol. The number of unbranched alkanes of at least 4 members (excludes halogenated alkanes) is 7. The van der Waals surface area contributed by atoms with Crippen LogP contribution < -0.4 is 4.74 Å². The Morgan fingerprint density at radius 3 is 2.21 bits per heavy atom. The predicted octanol–water partition coefficient (Wildman–Crippen LogP) is 6.11. The van der Waals surface area contributed by atoms with Gasteiger partial charge < -0.3 is 9.84 Å². The lowest BCUT2D eigenvalue weighted by atomic mass is 10.0. The van der Waals surface area contributed by atoms with E-state index in [4.69, 9.17) is 4.74 Å². The zero-order chi connectivity index (χ0) is 20.4. The first-order chi connectivity index (χ1) is 13.4. The molecule has 0 unspecified atom stereocenters. The number of aromatic hydroxyl groups is 1. The van der Waals surface area contributed by atoms with Gasteiger partial charge >= 0.3 is 0 Å². The zero-order valence-corrected chi connectivity index (χ0v) is 17.2. The lowest BCUT2D eigenvalue weighted by molar-refractivity contribution is 0.449. The summed E-state index contributed by atoms with van der Waals surface area (Å²) in [4.78, 5) is -0.206. The molecule has 0 spiro atoms. The second-order valence-corrected chi connectivity index (χ2v) is 8.49. The van der Waals surface area contributed by atoms with E-state index in [1.54, 1.807) is 18.2 Å². The Morgan fingerprint density at radius 2 is 1.57 bits per heavy atom. The number of hydrogen-bond acceptors (Lipinski definition) is 4. The fraction of sp³-hybridized carbons (Fsp3) is 0.455. The Kier molecular flexibility index (Phi) is 8.80. The summed E-state index contributed by atoms with van der Waals surface area (Å²) in [6, 6.07) is 10.7. The Balaban J connectivity index is 2.02. The molecule has 2 N–H and O–H groups in total. The maximum absolute atomic E-state index is 11.5. The van der Waals surface area contributed by atoms with Crippen molar-refractivity contribution in [1.29, 1.82) is 0 Å². The Labute approximate surface area is 168 Å². The van der Waals surface area contributed by atoms with E-state index in [0.29, 0.717) is 11.5 Å². The molecule has 154 valence electrons. The van der Waals surface area contributed by atoms with Crippen molar-refractivity contribution in [2.75, 3.05) is 0 Å². The third-order valence-corrected chi connectivity index (χ3v) is 5.53. The molecule has 2 aromatic rings. The number of hydrogen-bond donors (Lipinski definition) is 2. The molecule has 2 aromatic carbocycles. The average Bonchev–Trinajstić information content (AvgIpc) is 2.64. The molecule has 2 rings (SSSR count). The fourth-order valence-corrected chi connectivity index (χ4v) is 3.62. The molecule has 0 saturated carbocycles. The smallest absolute Gasteiger partial charge is 0.294 e. The summed E-state index contributed by atoms with van der Waals surface area (Å²) in [5.74, 6) is 0.849. The van der Waals surface area contributed by atoms with E-state index in [-0.39, 0.29) is 10.6 Å². The van der Waals surface area contributed by atoms with Crippen molar-refractivity contribution in [3.05, 3.63) is 48.0 Å². The van der Waals surface area contributed by atoms with Gasteiger partial charge in [-0.05, 0) is 36.6 Å². The van der Waals surface area contributed by atoms with Gasteiger partial charge in [0.1, 0.15) is 17.2 Å². The SMILES string of the molecule is CCCCCCCCCCc1ccc(S(=O)(=O)O)cc1Oc1cccc(O)c1. The van der Waals surface area contributed by atoms with Crippen LogP contribution in [0, 0.1) is 0 Å². The predicted molar refractivity (Wildman–Crippen MR) is 111 cm³/mol. The molecule has 0 amide bonds. The van der Waals surface area contributed by atoms with E-state index in [9.17, 15) is 18.1 Å². The number of phenols is 1. The fourth-order valence-electron chi connectivity index (χ4n) is 3.12. The van der Waals surface area contributed by atoms with Gasteiger partial charge in [-0.15, -0.1) is 0 Å². The standard InChI is InChI=1S/C22H30O5S/c1-2-3-4-5-6-7-8-9-11-18-14-15-21(28(24,25)26)17-22(18)27-20-13-10-12-19(23)16-20/h10,12-17,23H,2-9,11H2,1H3,(H,24,25,26). The topological polar surface area (TPSA) is 83.8 Å². The molecule has 0 bridgehead atoms. The summed E-state index contributed by atoms with van der Waals surface area (Å²) >= 11 is 0. The van der Waals surface area contributed by atoms with E-state index < -0.39 is 10.1 Å². The Morgan fingerprint density at radius 1 is 0.893 bits per heavy atom. The number of benzene rings is 2. The molecule has 28 heavy (non-hydrogen) atoms. The van der Waals surface area contributed by atoms with Gasteiger partial charge in [-0.3, -0.25) is 4.55 Å². The van der Waals surface area contributed by atoms with Gasteiger partial charge in [0.2, 0.25) is 0 Å². The van der Waals surface area contributed by atoms with Gasteiger partial charge in [0.15, 0.2) is 0 Å². The Hall–Kier alpha value is -2.05. The summed E-state index contributed by atoms with van der Waals surface area (Å²) in [6.07, 6.45) is 10.4. The summed E-state index contributed by atoms with van der Waals surface area (Å²) in [7, 11) is -4.31. The first-order valence-electron chi connectivity index (χ1n) is 9.97. The molecular weight excluding hydrogens is 376 g/mol. The van der Waals surface area contributed by atoms with Gasteiger partial charge in [0.05, 0.1) is 4.90 Å². The normalized spacial score (nSPS) is 11.5. The van der Waals surface area contributed by atoms with Crippen molar-refractivity contribution in [3.63, 3.8) is 0 Å². The van der Waals surface area contributed by atoms with Crippen LogP contribution in [0.1, 0.15) is 63.9 Å². The number of ether oxygens (including phenoxy) is 1. The molecular formula is C22H30O5S. The minimum absolute atomic E-state index is 0.0630. The van der Waals surface area contributed by atoms with E-state index in [1.165, 1.54) is 62.8 Å². The van der Waals surface area contributed by atoms with Crippen LogP contribution in [0.4, 0.5) is 0 Å². The van der Waals surface area contributed by atoms with E-state index in [2.05, 4.69) is 6.92 Å². The lowest BCUT2D eigenvalue weighted by Crippen LogP contribution is -2.00. The molecule has 0 aliphatic heterocycles. The maximum atomic E-state index is 11.5. The second kappa shape index (κ2) is 11.1. The van der Waals surface area contributed by atoms with Crippen LogP contribution in [-0.4, -0.2) is 18.1 Å². The molecule has 0 aromatic heterocycles. The van der Waals surface area contributed by atoms with E-state index >= 15 is 0 Å². The maximum Gasteiger partial charge on any atom is 0.294 e. The van der Waals surface area contributed by atoms with E-state index in [0.717, 1.165) is 24.8 Å². The number of rotatable bonds is 12. The molecule has 0 aliphatic rings. The van der Waals surface area contributed by atoms with Gasteiger partial charge in [-0.2, -0.15) is 8.42 Å².